The summed E-state index contributed by atoms with van der Waals surface area (Å²) in [6.45, 7) is 0.985. The van der Waals surface area contributed by atoms with Crippen molar-refractivity contribution in [3.05, 3.63) is 105 Å². The summed E-state index contributed by atoms with van der Waals surface area (Å²) in [7, 11) is -3.58. The van der Waals surface area contributed by atoms with Gasteiger partial charge >= 0.3 is 0 Å². The molecule has 0 atom stereocenters. The zero-order valence-electron chi connectivity index (χ0n) is 21.7. The molecule has 0 fully saturated rings. The van der Waals surface area contributed by atoms with Crippen LogP contribution in [0.1, 0.15) is 16.7 Å². The van der Waals surface area contributed by atoms with Crippen LogP contribution in [0.4, 0.5) is 0 Å². The molecule has 212 valence electrons. The van der Waals surface area contributed by atoms with Crippen LogP contribution in [0, 0.1) is 0 Å². The zero-order valence-corrected chi connectivity index (χ0v) is 24.9. The fourth-order valence-corrected chi connectivity index (χ4v) is 5.44. The lowest BCUT2D eigenvalue weighted by molar-refractivity contribution is 0.287. The Bertz CT molecular complexity index is 1770. The van der Waals surface area contributed by atoms with Crippen molar-refractivity contribution in [2.24, 2.45) is 5.14 Å². The quantitative estimate of drug-likeness (QED) is 0.160. The van der Waals surface area contributed by atoms with E-state index in [2.05, 4.69) is 43.7 Å². The van der Waals surface area contributed by atoms with E-state index in [-0.39, 0.29) is 25.5 Å². The van der Waals surface area contributed by atoms with E-state index in [1.165, 1.54) is 0 Å². The molecule has 4 aromatic carbocycles. The maximum absolute atomic E-state index is 11.3. The maximum Gasteiger partial charge on any atom is 0.210 e. The first-order valence-electron chi connectivity index (χ1n) is 12.6. The van der Waals surface area contributed by atoms with E-state index in [0.29, 0.717) is 34.1 Å². The average molecular weight is 658 g/mol. The first-order chi connectivity index (χ1) is 19.8. The largest absolute Gasteiger partial charge is 0.488 e. The van der Waals surface area contributed by atoms with Crippen LogP contribution < -0.4 is 19.9 Å². The second kappa shape index (κ2) is 13.0. The van der Waals surface area contributed by atoms with Gasteiger partial charge in [-0.15, -0.1) is 0 Å². The molecule has 1 aromatic heterocycles. The van der Waals surface area contributed by atoms with Gasteiger partial charge in [-0.25, -0.2) is 18.2 Å². The van der Waals surface area contributed by atoms with E-state index in [9.17, 15) is 8.42 Å². The van der Waals surface area contributed by atoms with Crippen molar-refractivity contribution < 1.29 is 22.5 Å². The molecule has 5 aromatic rings. The highest BCUT2D eigenvalue weighted by Crippen LogP contribution is 2.36. The molecule has 0 amide bonds. The van der Waals surface area contributed by atoms with Crippen molar-refractivity contribution >= 4 is 48.6 Å². The summed E-state index contributed by atoms with van der Waals surface area (Å²) in [5, 5.41) is 16.3. The van der Waals surface area contributed by atoms with Gasteiger partial charge in [-0.2, -0.15) is 0 Å². The Morgan fingerprint density at radius 2 is 1.66 bits per heavy atom. The van der Waals surface area contributed by atoms with Crippen molar-refractivity contribution in [2.45, 2.75) is 19.8 Å². The topological polar surface area (TPSA) is 130 Å². The number of fused-ring (bicyclic) bond motifs is 1. The van der Waals surface area contributed by atoms with E-state index in [1.807, 2.05) is 48.5 Å². The van der Waals surface area contributed by atoms with Crippen molar-refractivity contribution in [1.29, 1.82) is 0 Å². The first kappa shape index (κ1) is 29.0. The predicted molar refractivity (Wildman–Crippen MR) is 161 cm³/mol. The minimum atomic E-state index is -3.58. The fourth-order valence-electron chi connectivity index (χ4n) is 4.16. The third kappa shape index (κ3) is 7.63. The molecular weight excluding hydrogens is 632 g/mol. The lowest BCUT2D eigenvalue weighted by Gasteiger charge is -2.17. The van der Waals surface area contributed by atoms with Crippen molar-refractivity contribution in [1.82, 2.24) is 15.6 Å². The number of aromatic nitrogens is 2. The van der Waals surface area contributed by atoms with Crippen LogP contribution >= 0.6 is 27.5 Å². The Balaban J connectivity index is 1.35. The summed E-state index contributed by atoms with van der Waals surface area (Å²) >= 11 is 10.4. The van der Waals surface area contributed by atoms with Gasteiger partial charge in [0.15, 0.2) is 0 Å². The molecule has 5 rings (SSSR count). The Hall–Kier alpha value is -3.48. The van der Waals surface area contributed by atoms with Crippen molar-refractivity contribution in [3.8, 4) is 22.6 Å². The summed E-state index contributed by atoms with van der Waals surface area (Å²) in [6.07, 6.45) is 0. The fraction of sp³-hybridized carbons (Fsp3) is 0.172. The molecule has 0 aliphatic heterocycles. The van der Waals surface area contributed by atoms with Crippen LogP contribution in [-0.2, 0) is 29.8 Å². The number of hydrogen-bond donors (Lipinski definition) is 2. The summed E-state index contributed by atoms with van der Waals surface area (Å²) in [5.74, 6) is 0.784. The number of rotatable bonds is 12. The molecule has 0 spiro atoms. The molecule has 12 heteroatoms. The van der Waals surface area contributed by atoms with Gasteiger partial charge in [-0.3, -0.25) is 0 Å². The standard InChI is InChI=1S/C29H26BrClN4O5S/c30-29-21(7-4-8-23(29)20-5-2-1-3-6-20)18-39-28-15-27(22(14-24(28)31)16-33-11-12-41(32,36)37)38-17-19-9-10-25-26(13-19)35-40-34-25/h1-10,13-15,33H,11-12,16-18H2,(H2,32,36,37). The molecule has 0 radical (unpaired) electrons. The maximum atomic E-state index is 11.3. The van der Waals surface area contributed by atoms with Gasteiger partial charge in [0.25, 0.3) is 0 Å². The van der Waals surface area contributed by atoms with E-state index in [0.717, 1.165) is 32.3 Å². The number of benzene rings is 4. The number of sulfonamides is 1. The van der Waals surface area contributed by atoms with E-state index >= 15 is 0 Å². The van der Waals surface area contributed by atoms with Gasteiger partial charge in [-0.05, 0) is 61.1 Å². The zero-order chi connectivity index (χ0) is 28.8. The molecule has 1 heterocycles. The Kier molecular flexibility index (Phi) is 9.21. The van der Waals surface area contributed by atoms with Crippen molar-refractivity contribution in [3.63, 3.8) is 0 Å². The van der Waals surface area contributed by atoms with Gasteiger partial charge in [0.1, 0.15) is 35.7 Å². The van der Waals surface area contributed by atoms with Crippen LogP contribution in [0.25, 0.3) is 22.2 Å². The Labute approximate surface area is 250 Å². The number of nitrogens with one attached hydrogen (secondary N) is 1. The number of nitrogens with zero attached hydrogens (tertiary/aromatic N) is 2. The van der Waals surface area contributed by atoms with Gasteiger partial charge in [-0.1, -0.05) is 66.2 Å². The molecule has 0 saturated heterocycles. The molecule has 0 aliphatic carbocycles. The highest BCUT2D eigenvalue weighted by atomic mass is 79.9. The lowest BCUT2D eigenvalue weighted by Crippen LogP contribution is -2.27. The minimum Gasteiger partial charge on any atom is -0.488 e. The molecule has 0 unspecified atom stereocenters. The van der Waals surface area contributed by atoms with Crippen LogP contribution in [0.15, 0.2) is 88.0 Å². The summed E-state index contributed by atoms with van der Waals surface area (Å²) in [4.78, 5) is 0. The average Bonchev–Trinajstić information content (AvgIpc) is 3.43. The van der Waals surface area contributed by atoms with Gasteiger partial charge < -0.3 is 14.8 Å². The smallest absolute Gasteiger partial charge is 0.210 e. The first-order valence-corrected chi connectivity index (χ1v) is 15.5. The van der Waals surface area contributed by atoms with Crippen LogP contribution in [0.5, 0.6) is 11.5 Å². The van der Waals surface area contributed by atoms with Gasteiger partial charge in [0.2, 0.25) is 10.0 Å². The number of ether oxygens (including phenoxy) is 2. The second-order valence-corrected chi connectivity index (χ2v) is 12.2. The number of hydrogen-bond acceptors (Lipinski definition) is 8. The van der Waals surface area contributed by atoms with E-state index in [4.69, 9.17) is 30.8 Å². The number of primary sulfonamides is 1. The molecule has 0 aliphatic rings. The minimum absolute atomic E-state index is 0.176. The number of nitrogens with two attached hydrogens (primary N) is 1. The normalized spacial score (nSPS) is 11.6. The molecule has 3 N–H and O–H groups in total. The summed E-state index contributed by atoms with van der Waals surface area (Å²) in [6, 6.07) is 25.1. The van der Waals surface area contributed by atoms with Gasteiger partial charge in [0, 0.05) is 34.8 Å². The molecule has 41 heavy (non-hydrogen) atoms. The van der Waals surface area contributed by atoms with Crippen LogP contribution in [0.3, 0.4) is 0 Å². The van der Waals surface area contributed by atoms with E-state index < -0.39 is 10.0 Å². The Morgan fingerprint density at radius 1 is 0.878 bits per heavy atom. The number of halogens is 2. The second-order valence-electron chi connectivity index (χ2n) is 9.24. The molecule has 9 nitrogen and oxygen atoms in total. The molecule has 0 bridgehead atoms. The van der Waals surface area contributed by atoms with Crippen LogP contribution in [-0.4, -0.2) is 31.0 Å². The third-order valence-corrected chi connectivity index (χ3v) is 8.26. The van der Waals surface area contributed by atoms with Crippen LogP contribution in [0.2, 0.25) is 5.02 Å². The predicted octanol–water partition coefficient (Wildman–Crippen LogP) is 5.84. The highest BCUT2D eigenvalue weighted by Gasteiger charge is 2.15. The summed E-state index contributed by atoms with van der Waals surface area (Å²) < 4.78 is 40.7. The third-order valence-electron chi connectivity index (χ3n) is 6.25. The Morgan fingerprint density at radius 3 is 2.46 bits per heavy atom. The SMILES string of the molecule is NS(=O)(=O)CCNCc1cc(Cl)c(OCc2cccc(-c3ccccc3)c2Br)cc1OCc1ccc2nonc2c1. The molecular formula is C29H26BrClN4O5S. The van der Waals surface area contributed by atoms with Gasteiger partial charge in [0.05, 0.1) is 10.8 Å². The van der Waals surface area contributed by atoms with Crippen molar-refractivity contribution in [2.75, 3.05) is 12.3 Å². The summed E-state index contributed by atoms with van der Waals surface area (Å²) in [5.41, 5.74) is 5.97. The highest BCUT2D eigenvalue weighted by molar-refractivity contribution is 9.10. The lowest BCUT2D eigenvalue weighted by atomic mass is 10.0. The van der Waals surface area contributed by atoms with E-state index in [1.54, 1.807) is 18.2 Å². The molecule has 0 saturated carbocycles. The monoisotopic (exact) mass is 656 g/mol.